The van der Waals surface area contributed by atoms with Crippen LogP contribution < -0.4 is 16.8 Å². The second kappa shape index (κ2) is 6.41. The molecule has 0 amide bonds. The Labute approximate surface area is 99.0 Å². The molecule has 0 saturated heterocycles. The highest BCUT2D eigenvalue weighted by molar-refractivity contribution is 5.98. The molecule has 1 heterocycles. The quantitative estimate of drug-likeness (QED) is 0.208. The van der Waals surface area contributed by atoms with E-state index in [0.29, 0.717) is 0 Å². The molecular formula is C6H10N8O4. The number of carbonyl (C=O) groups is 2. The van der Waals surface area contributed by atoms with E-state index in [1.54, 1.807) is 0 Å². The highest BCUT2D eigenvalue weighted by atomic mass is 16.4. The minimum atomic E-state index is -1.42. The second-order valence-electron chi connectivity index (χ2n) is 2.58. The molecule has 12 heteroatoms. The average Bonchev–Trinajstić information content (AvgIpc) is 2.63. The molecule has 1 aromatic heterocycles. The summed E-state index contributed by atoms with van der Waals surface area (Å²) < 4.78 is 0. The van der Waals surface area contributed by atoms with Crippen LogP contribution in [0.3, 0.4) is 0 Å². The normalized spacial score (nSPS) is 8.67. The first-order valence-electron chi connectivity index (χ1n) is 4.08. The third kappa shape index (κ3) is 5.06. The fourth-order valence-corrected chi connectivity index (χ4v) is 0.674. The molecule has 0 aliphatic heterocycles. The monoisotopic (exact) mass is 258 g/mol. The minimum absolute atomic E-state index is 0.312. The van der Waals surface area contributed by atoms with Gasteiger partial charge in [-0.3, -0.25) is 16.1 Å². The Morgan fingerprint density at radius 3 is 1.56 bits per heavy atom. The highest BCUT2D eigenvalue weighted by Crippen LogP contribution is 1.99. The van der Waals surface area contributed by atoms with E-state index in [-0.39, 0.29) is 11.9 Å². The number of rotatable bonds is 2. The number of carboxylic acid groups (broad SMARTS) is 2. The van der Waals surface area contributed by atoms with Crippen LogP contribution in [0.5, 0.6) is 0 Å². The number of aromatic amines is 1. The molecule has 12 nitrogen and oxygen atoms in total. The van der Waals surface area contributed by atoms with E-state index in [9.17, 15) is 9.59 Å². The third-order valence-electron chi connectivity index (χ3n) is 1.22. The van der Waals surface area contributed by atoms with Crippen LogP contribution in [0.2, 0.25) is 0 Å². The van der Waals surface area contributed by atoms with Crippen LogP contribution in [-0.4, -0.2) is 49.5 Å². The van der Waals surface area contributed by atoms with Gasteiger partial charge in [0.05, 0.1) is 0 Å². The summed E-state index contributed by atoms with van der Waals surface area (Å²) in [5.74, 6) is -3.47. The number of H-pyrrole nitrogens is 1. The fourth-order valence-electron chi connectivity index (χ4n) is 0.674. The van der Waals surface area contributed by atoms with Crippen LogP contribution in [0.15, 0.2) is 0 Å². The van der Waals surface area contributed by atoms with Crippen LogP contribution >= 0.6 is 0 Å². The molecule has 0 aliphatic carbocycles. The molecule has 0 atom stereocenters. The van der Waals surface area contributed by atoms with Gasteiger partial charge < -0.3 is 21.7 Å². The zero-order chi connectivity index (χ0) is 14.3. The lowest BCUT2D eigenvalue weighted by Gasteiger charge is -1.95. The van der Waals surface area contributed by atoms with Crippen molar-refractivity contribution in [3.8, 4) is 0 Å². The predicted molar refractivity (Wildman–Crippen MR) is 57.3 cm³/mol. The number of hydrogen-bond acceptors (Lipinski definition) is 6. The van der Waals surface area contributed by atoms with Gasteiger partial charge in [0.25, 0.3) is 0 Å². The summed E-state index contributed by atoms with van der Waals surface area (Å²) >= 11 is 0. The lowest BCUT2D eigenvalue weighted by Crippen LogP contribution is -2.39. The van der Waals surface area contributed by atoms with Gasteiger partial charge in [-0.1, -0.05) is 0 Å². The van der Waals surface area contributed by atoms with E-state index in [0.717, 1.165) is 0 Å². The zero-order valence-electron chi connectivity index (χ0n) is 8.76. The largest absolute Gasteiger partial charge is 0.476 e. The van der Waals surface area contributed by atoms with Crippen molar-refractivity contribution < 1.29 is 19.8 Å². The minimum Gasteiger partial charge on any atom is -0.476 e. The molecule has 0 fully saturated rings. The van der Waals surface area contributed by atoms with Gasteiger partial charge in [0.15, 0.2) is 11.9 Å². The number of aromatic carboxylic acids is 2. The Hall–Kier alpha value is -3.18. The molecule has 0 bridgehead atoms. The first kappa shape index (κ1) is 14.8. The standard InChI is InChI=1S/C4H3N3O4.C2H7N5/c8-3(9)1-2(4(10)11)6-7-5-1;3-1(4)7-2(5)6/h(H,8,9)(H,10,11)(H,5,6,7);(H7,3,4,5,6,7). The van der Waals surface area contributed by atoms with Gasteiger partial charge in [0, 0.05) is 0 Å². The van der Waals surface area contributed by atoms with Crippen molar-refractivity contribution in [2.24, 2.45) is 11.5 Å². The Morgan fingerprint density at radius 2 is 1.39 bits per heavy atom. The predicted octanol–water partition coefficient (Wildman–Crippen LogP) is -2.44. The number of aromatic nitrogens is 3. The van der Waals surface area contributed by atoms with Crippen molar-refractivity contribution in [1.82, 2.24) is 20.7 Å². The van der Waals surface area contributed by atoms with Gasteiger partial charge in [-0.25, -0.2) is 9.59 Å². The van der Waals surface area contributed by atoms with E-state index in [1.807, 2.05) is 10.5 Å². The van der Waals surface area contributed by atoms with Crippen molar-refractivity contribution in [2.75, 3.05) is 0 Å². The first-order valence-corrected chi connectivity index (χ1v) is 4.08. The molecule has 0 spiro atoms. The van der Waals surface area contributed by atoms with Crippen molar-refractivity contribution in [3.05, 3.63) is 11.4 Å². The van der Waals surface area contributed by atoms with E-state index < -0.39 is 23.3 Å². The zero-order valence-corrected chi connectivity index (χ0v) is 8.76. The van der Waals surface area contributed by atoms with Crippen molar-refractivity contribution in [3.63, 3.8) is 0 Å². The Morgan fingerprint density at radius 1 is 1.06 bits per heavy atom. The number of hydrogen-bond donors (Lipinski definition) is 8. The van der Waals surface area contributed by atoms with Crippen LogP contribution in [0.25, 0.3) is 0 Å². The lowest BCUT2D eigenvalue weighted by molar-refractivity contribution is 0.0644. The van der Waals surface area contributed by atoms with Crippen molar-refractivity contribution >= 4 is 23.9 Å². The first-order chi connectivity index (χ1) is 8.25. The fraction of sp³-hybridized carbons (Fsp3) is 0. The topological polar surface area (TPSA) is 228 Å². The molecule has 18 heavy (non-hydrogen) atoms. The van der Waals surface area contributed by atoms with Crippen molar-refractivity contribution in [1.29, 1.82) is 10.8 Å². The summed E-state index contributed by atoms with van der Waals surface area (Å²) in [4.78, 5) is 20.4. The van der Waals surface area contributed by atoms with Crippen LogP contribution in [0.4, 0.5) is 0 Å². The molecule has 10 N–H and O–H groups in total. The molecule has 0 saturated carbocycles. The van der Waals surface area contributed by atoms with Gasteiger partial charge in [0.1, 0.15) is 0 Å². The average molecular weight is 258 g/mol. The summed E-state index contributed by atoms with van der Waals surface area (Å²) in [5.41, 5.74) is 8.32. The number of carboxylic acids is 2. The van der Waals surface area contributed by atoms with Crippen LogP contribution in [-0.2, 0) is 0 Å². The van der Waals surface area contributed by atoms with Gasteiger partial charge in [-0.05, 0) is 0 Å². The van der Waals surface area contributed by atoms with Gasteiger partial charge in [-0.15, -0.1) is 10.2 Å². The number of nitrogens with one attached hydrogen (secondary N) is 4. The molecular weight excluding hydrogens is 248 g/mol. The van der Waals surface area contributed by atoms with E-state index in [1.165, 1.54) is 0 Å². The maximum Gasteiger partial charge on any atom is 0.359 e. The summed E-state index contributed by atoms with van der Waals surface area (Å²) in [6, 6.07) is 0. The maximum absolute atomic E-state index is 10.2. The molecule has 0 radical (unpaired) electrons. The third-order valence-corrected chi connectivity index (χ3v) is 1.22. The SMILES string of the molecule is N=C(N)NC(=N)N.O=C(O)c1n[nH]nc1C(=O)O. The number of nitrogens with zero attached hydrogens (tertiary/aromatic N) is 2. The Bertz CT molecular complexity index is 439. The smallest absolute Gasteiger partial charge is 0.359 e. The van der Waals surface area contributed by atoms with E-state index in [4.69, 9.17) is 32.5 Å². The molecule has 0 aromatic carbocycles. The number of nitrogens with two attached hydrogens (primary N) is 2. The Balaban J connectivity index is 0.000000360. The number of guanidine groups is 2. The molecule has 0 unspecified atom stereocenters. The summed E-state index contributed by atoms with van der Waals surface area (Å²) in [6.45, 7) is 0. The molecule has 1 rings (SSSR count). The maximum atomic E-state index is 10.2. The molecule has 0 aliphatic rings. The van der Waals surface area contributed by atoms with E-state index in [2.05, 4.69) is 10.2 Å². The van der Waals surface area contributed by atoms with Crippen LogP contribution in [0.1, 0.15) is 21.0 Å². The van der Waals surface area contributed by atoms with Gasteiger partial charge in [0.2, 0.25) is 11.4 Å². The molecule has 98 valence electrons. The lowest BCUT2D eigenvalue weighted by atomic mass is 10.3. The molecule has 1 aromatic rings. The highest BCUT2D eigenvalue weighted by Gasteiger charge is 2.20. The Kier molecular flexibility index (Phi) is 5.28. The summed E-state index contributed by atoms with van der Waals surface area (Å²) in [5, 5.41) is 39.7. The van der Waals surface area contributed by atoms with Crippen molar-refractivity contribution in [2.45, 2.75) is 0 Å². The van der Waals surface area contributed by atoms with E-state index >= 15 is 0 Å². The van der Waals surface area contributed by atoms with Gasteiger partial charge in [-0.2, -0.15) is 5.21 Å². The van der Waals surface area contributed by atoms with Gasteiger partial charge >= 0.3 is 11.9 Å². The van der Waals surface area contributed by atoms with Crippen LogP contribution in [0, 0.1) is 10.8 Å². The summed E-state index contributed by atoms with van der Waals surface area (Å²) in [7, 11) is 0. The second-order valence-corrected chi connectivity index (χ2v) is 2.58. The summed E-state index contributed by atoms with van der Waals surface area (Å²) in [6.07, 6.45) is 0.